The molecule has 0 atom stereocenters. The van der Waals surface area contributed by atoms with Gasteiger partial charge in [-0.2, -0.15) is 4.98 Å². The maximum Gasteiger partial charge on any atom is 0.262 e. The maximum absolute atomic E-state index is 12.0. The van der Waals surface area contributed by atoms with Crippen LogP contribution in [0.5, 0.6) is 5.75 Å². The summed E-state index contributed by atoms with van der Waals surface area (Å²) in [5, 5.41) is 7.04. The second-order valence-corrected chi connectivity index (χ2v) is 5.62. The number of carbonyl (C=O) groups is 1. The largest absolute Gasteiger partial charge is 0.484 e. The van der Waals surface area contributed by atoms with Gasteiger partial charge in [-0.3, -0.25) is 4.79 Å². The molecule has 7 heteroatoms. The van der Waals surface area contributed by atoms with Crippen molar-refractivity contribution in [2.24, 2.45) is 0 Å². The molecule has 25 heavy (non-hydrogen) atoms. The van der Waals surface area contributed by atoms with E-state index in [1.54, 1.807) is 42.5 Å². The fourth-order valence-corrected chi connectivity index (χ4v) is 2.31. The lowest BCUT2D eigenvalue weighted by atomic mass is 10.2. The lowest BCUT2D eigenvalue weighted by molar-refractivity contribution is -0.118. The van der Waals surface area contributed by atoms with Crippen LogP contribution in [0.25, 0.3) is 11.5 Å². The van der Waals surface area contributed by atoms with Crippen molar-refractivity contribution in [3.8, 4) is 17.2 Å². The highest BCUT2D eigenvalue weighted by atomic mass is 35.5. The van der Waals surface area contributed by atoms with Crippen LogP contribution in [0.4, 0.5) is 5.69 Å². The average Bonchev–Trinajstić information content (AvgIpc) is 3.11. The van der Waals surface area contributed by atoms with Gasteiger partial charge in [-0.1, -0.05) is 41.9 Å². The molecule has 3 rings (SSSR count). The molecular formula is C18H16ClN3O3. The Labute approximate surface area is 149 Å². The molecule has 1 amide bonds. The first-order valence-corrected chi connectivity index (χ1v) is 8.13. The Morgan fingerprint density at radius 3 is 2.84 bits per heavy atom. The number of carbonyl (C=O) groups excluding carboxylic acids is 1. The summed E-state index contributed by atoms with van der Waals surface area (Å²) in [6, 6.07) is 14.1. The number of ether oxygens (including phenoxy) is 1. The molecule has 0 unspecified atom stereocenters. The number of hydrogen-bond acceptors (Lipinski definition) is 5. The van der Waals surface area contributed by atoms with E-state index in [0.717, 1.165) is 5.56 Å². The lowest BCUT2D eigenvalue weighted by Crippen LogP contribution is -2.20. The molecule has 0 saturated carbocycles. The summed E-state index contributed by atoms with van der Waals surface area (Å²) in [7, 11) is 0. The first-order valence-electron chi connectivity index (χ1n) is 7.76. The van der Waals surface area contributed by atoms with Gasteiger partial charge in [0.15, 0.2) is 12.4 Å². The van der Waals surface area contributed by atoms with E-state index in [-0.39, 0.29) is 12.5 Å². The van der Waals surface area contributed by atoms with Crippen molar-refractivity contribution in [2.45, 2.75) is 13.3 Å². The van der Waals surface area contributed by atoms with Crippen molar-refractivity contribution in [3.05, 3.63) is 59.4 Å². The predicted octanol–water partition coefficient (Wildman–Crippen LogP) is 3.97. The van der Waals surface area contributed by atoms with Crippen molar-refractivity contribution in [1.82, 2.24) is 10.1 Å². The minimum Gasteiger partial charge on any atom is -0.484 e. The van der Waals surface area contributed by atoms with Crippen LogP contribution in [0.2, 0.25) is 5.02 Å². The molecule has 1 N–H and O–H groups in total. The zero-order chi connectivity index (χ0) is 17.6. The smallest absolute Gasteiger partial charge is 0.262 e. The molecule has 0 aliphatic heterocycles. The van der Waals surface area contributed by atoms with Crippen LogP contribution in [0.1, 0.15) is 12.7 Å². The molecular weight excluding hydrogens is 342 g/mol. The van der Waals surface area contributed by atoms with Crippen molar-refractivity contribution < 1.29 is 14.1 Å². The van der Waals surface area contributed by atoms with Gasteiger partial charge in [-0.25, -0.2) is 0 Å². The van der Waals surface area contributed by atoms with E-state index in [0.29, 0.717) is 34.6 Å². The highest BCUT2D eigenvalue weighted by Gasteiger charge is 2.10. The van der Waals surface area contributed by atoms with Gasteiger partial charge in [-0.05, 0) is 30.3 Å². The fraction of sp³-hybridized carbons (Fsp3) is 0.167. The third-order valence-corrected chi connectivity index (χ3v) is 3.71. The molecule has 6 nitrogen and oxygen atoms in total. The molecule has 0 radical (unpaired) electrons. The lowest BCUT2D eigenvalue weighted by Gasteiger charge is -2.09. The normalized spacial score (nSPS) is 10.5. The second kappa shape index (κ2) is 7.81. The van der Waals surface area contributed by atoms with E-state index in [9.17, 15) is 4.79 Å². The number of amides is 1. The zero-order valence-corrected chi connectivity index (χ0v) is 14.3. The van der Waals surface area contributed by atoms with Crippen molar-refractivity contribution in [3.63, 3.8) is 0 Å². The maximum atomic E-state index is 12.0. The van der Waals surface area contributed by atoms with Crippen LogP contribution in [-0.4, -0.2) is 22.7 Å². The molecule has 0 aliphatic carbocycles. The van der Waals surface area contributed by atoms with Crippen molar-refractivity contribution in [2.75, 3.05) is 11.9 Å². The van der Waals surface area contributed by atoms with Gasteiger partial charge in [0.05, 0.1) is 10.7 Å². The highest BCUT2D eigenvalue weighted by Crippen LogP contribution is 2.23. The number of rotatable bonds is 6. The summed E-state index contributed by atoms with van der Waals surface area (Å²) in [6.45, 7) is 1.81. The van der Waals surface area contributed by atoms with Gasteiger partial charge >= 0.3 is 0 Å². The Hall–Kier alpha value is -2.86. The molecule has 3 aromatic rings. The highest BCUT2D eigenvalue weighted by molar-refractivity contribution is 6.33. The first kappa shape index (κ1) is 17.0. The number of nitrogens with zero attached hydrogens (tertiary/aromatic N) is 2. The Balaban J connectivity index is 1.62. The molecule has 1 heterocycles. The van der Waals surface area contributed by atoms with Crippen LogP contribution in [-0.2, 0) is 11.2 Å². The molecule has 0 spiro atoms. The molecule has 1 aromatic heterocycles. The number of hydrogen-bond donors (Lipinski definition) is 1. The van der Waals surface area contributed by atoms with Crippen molar-refractivity contribution >= 4 is 23.2 Å². The number of anilines is 1. The van der Waals surface area contributed by atoms with Crippen LogP contribution in [0.3, 0.4) is 0 Å². The van der Waals surface area contributed by atoms with Crippen molar-refractivity contribution in [1.29, 1.82) is 0 Å². The van der Waals surface area contributed by atoms with E-state index < -0.39 is 0 Å². The number of aryl methyl sites for hydroxylation is 1. The molecule has 0 saturated heterocycles. The van der Waals surface area contributed by atoms with E-state index in [1.807, 2.05) is 13.0 Å². The van der Waals surface area contributed by atoms with E-state index in [2.05, 4.69) is 15.5 Å². The Morgan fingerprint density at radius 1 is 1.24 bits per heavy atom. The van der Waals surface area contributed by atoms with E-state index >= 15 is 0 Å². The number of halogens is 1. The molecule has 0 fully saturated rings. The summed E-state index contributed by atoms with van der Waals surface area (Å²) in [4.78, 5) is 16.3. The quantitative estimate of drug-likeness (QED) is 0.722. The summed E-state index contributed by atoms with van der Waals surface area (Å²) < 4.78 is 10.7. The first-order chi connectivity index (χ1) is 12.2. The van der Waals surface area contributed by atoms with Gasteiger partial charge in [0.25, 0.3) is 11.8 Å². The number of aromatic nitrogens is 2. The molecule has 0 aliphatic rings. The Bertz CT molecular complexity index is 879. The SMILES string of the molecule is CCc1noc(-c2cccc(OCC(=O)Nc3ccccc3Cl)c2)n1. The zero-order valence-electron chi connectivity index (χ0n) is 13.5. The predicted molar refractivity (Wildman–Crippen MR) is 94.7 cm³/mol. The Kier molecular flexibility index (Phi) is 5.30. The summed E-state index contributed by atoms with van der Waals surface area (Å²) >= 11 is 6.01. The third-order valence-electron chi connectivity index (χ3n) is 3.38. The summed E-state index contributed by atoms with van der Waals surface area (Å²) in [5.74, 6) is 1.29. The van der Waals surface area contributed by atoms with Gasteiger partial charge in [0, 0.05) is 12.0 Å². The topological polar surface area (TPSA) is 77.2 Å². The van der Waals surface area contributed by atoms with Gasteiger partial charge in [0.2, 0.25) is 0 Å². The monoisotopic (exact) mass is 357 g/mol. The van der Waals surface area contributed by atoms with Gasteiger partial charge < -0.3 is 14.6 Å². The number of para-hydroxylation sites is 1. The van der Waals surface area contributed by atoms with E-state index in [4.69, 9.17) is 20.9 Å². The van der Waals surface area contributed by atoms with E-state index in [1.165, 1.54) is 0 Å². The number of benzene rings is 2. The Morgan fingerprint density at radius 2 is 2.08 bits per heavy atom. The minimum atomic E-state index is -0.301. The van der Waals surface area contributed by atoms with Crippen LogP contribution < -0.4 is 10.1 Å². The fourth-order valence-electron chi connectivity index (χ4n) is 2.13. The summed E-state index contributed by atoms with van der Waals surface area (Å²) in [5.41, 5.74) is 1.28. The second-order valence-electron chi connectivity index (χ2n) is 5.21. The third kappa shape index (κ3) is 4.36. The molecule has 0 bridgehead atoms. The minimum absolute atomic E-state index is 0.140. The molecule has 128 valence electrons. The summed E-state index contributed by atoms with van der Waals surface area (Å²) in [6.07, 6.45) is 0.696. The molecule has 2 aromatic carbocycles. The van der Waals surface area contributed by atoms with Crippen LogP contribution in [0, 0.1) is 0 Å². The van der Waals surface area contributed by atoms with Gasteiger partial charge in [0.1, 0.15) is 5.75 Å². The van der Waals surface area contributed by atoms with Crippen LogP contribution >= 0.6 is 11.6 Å². The number of nitrogens with one attached hydrogen (secondary N) is 1. The van der Waals surface area contributed by atoms with Crippen LogP contribution in [0.15, 0.2) is 53.1 Å². The van der Waals surface area contributed by atoms with Gasteiger partial charge in [-0.15, -0.1) is 0 Å². The average molecular weight is 358 g/mol. The standard InChI is InChI=1S/C18H16ClN3O3/c1-2-16-21-18(25-22-16)12-6-5-7-13(10-12)24-11-17(23)20-15-9-4-3-8-14(15)19/h3-10H,2,11H2,1H3,(H,20,23).